The van der Waals surface area contributed by atoms with Crippen LogP contribution in [0.3, 0.4) is 0 Å². The Morgan fingerprint density at radius 1 is 1.25 bits per heavy atom. The minimum absolute atomic E-state index is 0.0827. The maximum absolute atomic E-state index is 13.2. The molecule has 0 spiro atoms. The van der Waals surface area contributed by atoms with Gasteiger partial charge in [-0.05, 0) is 51.4 Å². The summed E-state index contributed by atoms with van der Waals surface area (Å²) in [6.45, 7) is 1.91. The average molecular weight is 437 g/mol. The Morgan fingerprint density at radius 2 is 2.09 bits per heavy atom. The highest BCUT2D eigenvalue weighted by molar-refractivity contribution is 6.00. The molecule has 2 fully saturated rings. The number of aromatic nitrogens is 4. The zero-order valence-corrected chi connectivity index (χ0v) is 18.3. The quantitative estimate of drug-likeness (QED) is 0.541. The Hall–Kier alpha value is -3.40. The molecule has 1 amide bonds. The first-order valence-electron chi connectivity index (χ1n) is 11.1. The third-order valence-corrected chi connectivity index (χ3v) is 6.12. The number of hydrogen-bond donors (Lipinski definition) is 3. The predicted molar refractivity (Wildman–Crippen MR) is 123 cm³/mol. The van der Waals surface area contributed by atoms with Gasteiger partial charge < -0.3 is 25.4 Å². The fourth-order valence-electron chi connectivity index (χ4n) is 4.25. The van der Waals surface area contributed by atoms with Gasteiger partial charge in [0.15, 0.2) is 5.65 Å². The minimum atomic E-state index is -0.183. The first-order valence-corrected chi connectivity index (χ1v) is 11.1. The molecule has 10 heteroatoms. The molecule has 5 rings (SSSR count). The van der Waals surface area contributed by atoms with Crippen molar-refractivity contribution >= 4 is 28.9 Å². The topological polar surface area (TPSA) is 109 Å². The molecule has 1 aliphatic carbocycles. The molecule has 1 saturated carbocycles. The predicted octanol–water partition coefficient (Wildman–Crippen LogP) is 1.84. The van der Waals surface area contributed by atoms with E-state index in [2.05, 4.69) is 38.0 Å². The first-order chi connectivity index (χ1) is 15.5. The van der Waals surface area contributed by atoms with Crippen molar-refractivity contribution in [3.63, 3.8) is 0 Å². The molecule has 1 saturated heterocycles. The van der Waals surface area contributed by atoms with Crippen molar-refractivity contribution in [1.82, 2.24) is 29.4 Å². The van der Waals surface area contributed by atoms with Gasteiger partial charge in [0.2, 0.25) is 0 Å². The van der Waals surface area contributed by atoms with E-state index in [4.69, 9.17) is 0 Å². The molecule has 0 unspecified atom stereocenters. The van der Waals surface area contributed by atoms with E-state index in [-0.39, 0.29) is 23.6 Å². The van der Waals surface area contributed by atoms with Crippen LogP contribution in [0.4, 0.5) is 17.3 Å². The minimum Gasteiger partial charge on any atom is -0.373 e. The summed E-state index contributed by atoms with van der Waals surface area (Å²) in [5, 5.41) is 13.6. The van der Waals surface area contributed by atoms with E-state index in [1.54, 1.807) is 23.7 Å². The molecule has 0 bridgehead atoms. The third-order valence-electron chi connectivity index (χ3n) is 6.12. The lowest BCUT2D eigenvalue weighted by molar-refractivity contribution is 0.0952. The van der Waals surface area contributed by atoms with Gasteiger partial charge in [-0.3, -0.25) is 9.59 Å². The number of likely N-dealkylation sites (N-methyl/N-ethyl adjacent to an activating group) is 1. The number of pyridine rings is 1. The molecule has 0 radical (unpaired) electrons. The lowest BCUT2D eigenvalue weighted by Crippen LogP contribution is -2.37. The highest BCUT2D eigenvalue weighted by atomic mass is 16.2. The Labute approximate surface area is 185 Å². The number of nitrogens with zero attached hydrogens (tertiary/aromatic N) is 5. The summed E-state index contributed by atoms with van der Waals surface area (Å²) >= 11 is 0. The van der Waals surface area contributed by atoms with Crippen molar-refractivity contribution in [3.05, 3.63) is 46.5 Å². The molecular formula is C22H28N8O2. The Morgan fingerprint density at radius 3 is 2.84 bits per heavy atom. The van der Waals surface area contributed by atoms with Crippen molar-refractivity contribution in [3.8, 4) is 0 Å². The fraction of sp³-hybridized carbons (Fsp3) is 0.455. The van der Waals surface area contributed by atoms with Crippen LogP contribution in [0.1, 0.15) is 42.1 Å². The molecule has 2 aliphatic rings. The molecule has 1 aliphatic heterocycles. The molecule has 168 valence electrons. The SMILES string of the molecule is CNc1cc(Nc2cccn([C@@H]3CCCN(C)C3)c2=O)nc2c(C(=O)NC3CC3)cnn12. The normalized spacial score (nSPS) is 19.1. The van der Waals surface area contributed by atoms with Gasteiger partial charge in [0.05, 0.1) is 6.20 Å². The Kier molecular flexibility index (Phi) is 5.30. The molecule has 3 aromatic rings. The maximum Gasteiger partial charge on any atom is 0.274 e. The van der Waals surface area contributed by atoms with Crippen molar-refractivity contribution in [2.24, 2.45) is 0 Å². The van der Waals surface area contributed by atoms with Gasteiger partial charge in [-0.25, -0.2) is 4.98 Å². The third kappa shape index (κ3) is 3.93. The van der Waals surface area contributed by atoms with Gasteiger partial charge in [-0.2, -0.15) is 9.61 Å². The highest BCUT2D eigenvalue weighted by Gasteiger charge is 2.26. The van der Waals surface area contributed by atoms with Gasteiger partial charge >= 0.3 is 0 Å². The van der Waals surface area contributed by atoms with Crippen LogP contribution in [0, 0.1) is 0 Å². The van der Waals surface area contributed by atoms with Crippen LogP contribution < -0.4 is 21.5 Å². The fourth-order valence-corrected chi connectivity index (χ4v) is 4.25. The summed E-state index contributed by atoms with van der Waals surface area (Å²) in [5.74, 6) is 0.948. The number of carbonyl (C=O) groups is 1. The average Bonchev–Trinajstić information content (AvgIpc) is 3.49. The monoisotopic (exact) mass is 436 g/mol. The number of likely N-dealkylation sites (tertiary alicyclic amines) is 1. The molecule has 3 N–H and O–H groups in total. The van der Waals surface area contributed by atoms with Crippen LogP contribution in [0.25, 0.3) is 5.65 Å². The number of fused-ring (bicyclic) bond motifs is 1. The maximum atomic E-state index is 13.2. The summed E-state index contributed by atoms with van der Waals surface area (Å²) in [6, 6.07) is 5.80. The van der Waals surface area contributed by atoms with Crippen molar-refractivity contribution < 1.29 is 4.79 Å². The molecule has 32 heavy (non-hydrogen) atoms. The summed E-state index contributed by atoms with van der Waals surface area (Å²) in [7, 11) is 3.86. The van der Waals surface area contributed by atoms with Crippen molar-refractivity contribution in [2.75, 3.05) is 37.8 Å². The Balaban J connectivity index is 1.48. The zero-order valence-electron chi connectivity index (χ0n) is 18.3. The molecule has 10 nitrogen and oxygen atoms in total. The van der Waals surface area contributed by atoms with Crippen LogP contribution in [0.2, 0.25) is 0 Å². The number of hydrogen-bond acceptors (Lipinski definition) is 7. The van der Waals surface area contributed by atoms with Gasteiger partial charge in [0.25, 0.3) is 11.5 Å². The van der Waals surface area contributed by atoms with E-state index in [9.17, 15) is 9.59 Å². The Bertz CT molecular complexity index is 1210. The summed E-state index contributed by atoms with van der Waals surface area (Å²) in [5.41, 5.74) is 1.21. The molecule has 1 atom stereocenters. The highest BCUT2D eigenvalue weighted by Crippen LogP contribution is 2.24. The number of carbonyl (C=O) groups excluding carboxylic acids is 1. The van der Waals surface area contributed by atoms with Crippen LogP contribution in [-0.2, 0) is 0 Å². The van der Waals surface area contributed by atoms with Crippen molar-refractivity contribution in [1.29, 1.82) is 0 Å². The van der Waals surface area contributed by atoms with Crippen LogP contribution >= 0.6 is 0 Å². The van der Waals surface area contributed by atoms with E-state index in [0.717, 1.165) is 38.8 Å². The first kappa shape index (κ1) is 20.5. The van der Waals surface area contributed by atoms with Gasteiger partial charge in [0.1, 0.15) is 22.9 Å². The van der Waals surface area contributed by atoms with E-state index >= 15 is 0 Å². The summed E-state index contributed by atoms with van der Waals surface area (Å²) in [4.78, 5) is 32.7. The zero-order chi connectivity index (χ0) is 22.2. The van der Waals surface area contributed by atoms with E-state index in [1.807, 2.05) is 16.8 Å². The lowest BCUT2D eigenvalue weighted by atomic mass is 10.1. The largest absolute Gasteiger partial charge is 0.373 e. The van der Waals surface area contributed by atoms with Crippen LogP contribution in [0.15, 0.2) is 35.4 Å². The van der Waals surface area contributed by atoms with E-state index in [1.165, 1.54) is 6.20 Å². The summed E-state index contributed by atoms with van der Waals surface area (Å²) in [6.07, 6.45) is 7.44. The van der Waals surface area contributed by atoms with Crippen LogP contribution in [0.5, 0.6) is 0 Å². The molecule has 0 aromatic carbocycles. The van der Waals surface area contributed by atoms with Crippen LogP contribution in [-0.4, -0.2) is 63.2 Å². The standard InChI is InChI=1S/C22H28N8O2/c1-23-19-11-18(27-20-16(12-24-30(19)20)21(31)25-14-7-8-14)26-17-6-4-10-29(22(17)32)15-5-3-9-28(2)13-15/h4,6,10-12,14-15,23H,3,5,7-9,13H2,1-2H3,(H,25,31)(H,26,27)/t15-/m1/s1. The molecular weight excluding hydrogens is 408 g/mol. The van der Waals surface area contributed by atoms with Gasteiger partial charge in [-0.15, -0.1) is 0 Å². The van der Waals surface area contributed by atoms with Gasteiger partial charge in [0, 0.05) is 37.9 Å². The number of nitrogens with one attached hydrogen (secondary N) is 3. The second-order valence-corrected chi connectivity index (χ2v) is 8.64. The van der Waals surface area contributed by atoms with E-state index < -0.39 is 0 Å². The second-order valence-electron chi connectivity index (χ2n) is 8.64. The number of anilines is 3. The van der Waals surface area contributed by atoms with Gasteiger partial charge in [-0.1, -0.05) is 0 Å². The smallest absolute Gasteiger partial charge is 0.274 e. The molecule has 4 heterocycles. The number of amides is 1. The van der Waals surface area contributed by atoms with Crippen molar-refractivity contribution in [2.45, 2.75) is 37.8 Å². The van der Waals surface area contributed by atoms with E-state index in [0.29, 0.717) is 28.5 Å². The number of rotatable bonds is 6. The summed E-state index contributed by atoms with van der Waals surface area (Å²) < 4.78 is 3.40. The lowest BCUT2D eigenvalue weighted by Gasteiger charge is -2.31. The molecule has 3 aromatic heterocycles. The number of piperidine rings is 1. The second kappa shape index (κ2) is 8.27.